The lowest BCUT2D eigenvalue weighted by Crippen LogP contribution is -2.27. The van der Waals surface area contributed by atoms with Gasteiger partial charge in [0.2, 0.25) is 11.9 Å². The summed E-state index contributed by atoms with van der Waals surface area (Å²) in [4.78, 5) is 22.1. The fourth-order valence-electron chi connectivity index (χ4n) is 2.02. The van der Waals surface area contributed by atoms with Gasteiger partial charge < -0.3 is 5.32 Å². The van der Waals surface area contributed by atoms with Crippen LogP contribution < -0.4 is 5.32 Å². The monoisotopic (exact) mass is 266 g/mol. The van der Waals surface area contributed by atoms with E-state index in [2.05, 4.69) is 10.4 Å². The maximum absolute atomic E-state index is 11.9. The van der Waals surface area contributed by atoms with Crippen LogP contribution >= 0.6 is 0 Å². The summed E-state index contributed by atoms with van der Waals surface area (Å²) in [5, 5.41) is 17.6. The molecule has 1 aromatic heterocycles. The van der Waals surface area contributed by atoms with Crippen molar-refractivity contribution >= 4 is 11.7 Å². The number of amides is 1. The zero-order chi connectivity index (χ0) is 14.4. The second-order valence-corrected chi connectivity index (χ2v) is 5.94. The topological polar surface area (TPSA) is 90.1 Å². The standard InChI is InChI=1S/C12H18N4O3/c1-7-5-10(15(14-7)12(2,3)4)13-11(17)8-6-9(8)16(18)19/h5,8-9H,6H2,1-4H3,(H,13,17)/t8-,9-/m1/s1. The maximum atomic E-state index is 11.9. The Labute approximate surface area is 111 Å². The van der Waals surface area contributed by atoms with Gasteiger partial charge in [-0.05, 0) is 27.7 Å². The lowest BCUT2D eigenvalue weighted by atomic mass is 10.1. The molecule has 0 spiro atoms. The number of nitro groups is 1. The fourth-order valence-corrected chi connectivity index (χ4v) is 2.02. The van der Waals surface area contributed by atoms with Crippen LogP contribution in [-0.4, -0.2) is 26.7 Å². The molecule has 2 atom stereocenters. The molecule has 0 unspecified atom stereocenters. The van der Waals surface area contributed by atoms with E-state index in [1.807, 2.05) is 27.7 Å². The third-order valence-corrected chi connectivity index (χ3v) is 3.08. The first-order chi connectivity index (χ1) is 8.70. The van der Waals surface area contributed by atoms with Gasteiger partial charge in [-0.3, -0.25) is 14.9 Å². The Bertz CT molecular complexity index is 530. The van der Waals surface area contributed by atoms with Crippen molar-refractivity contribution in [2.75, 3.05) is 5.32 Å². The number of nitrogens with one attached hydrogen (secondary N) is 1. The van der Waals surface area contributed by atoms with E-state index in [4.69, 9.17) is 0 Å². The molecule has 1 amide bonds. The Hall–Kier alpha value is -1.92. The Morgan fingerprint density at radius 1 is 1.58 bits per heavy atom. The molecule has 1 aliphatic rings. The molecule has 0 aliphatic heterocycles. The van der Waals surface area contributed by atoms with Crippen LogP contribution in [0.5, 0.6) is 0 Å². The fraction of sp³-hybridized carbons (Fsp3) is 0.667. The molecular weight excluding hydrogens is 248 g/mol. The molecule has 1 N–H and O–H groups in total. The molecule has 0 aromatic carbocycles. The molecule has 2 rings (SSSR count). The van der Waals surface area contributed by atoms with Crippen molar-refractivity contribution in [1.82, 2.24) is 9.78 Å². The number of nitrogens with zero attached hydrogens (tertiary/aromatic N) is 3. The Morgan fingerprint density at radius 2 is 2.21 bits per heavy atom. The first-order valence-electron chi connectivity index (χ1n) is 6.21. The number of anilines is 1. The lowest BCUT2D eigenvalue weighted by molar-refractivity contribution is -0.497. The van der Waals surface area contributed by atoms with E-state index >= 15 is 0 Å². The van der Waals surface area contributed by atoms with Gasteiger partial charge in [-0.1, -0.05) is 0 Å². The number of aryl methyl sites for hydroxylation is 1. The van der Waals surface area contributed by atoms with Crippen molar-refractivity contribution in [2.45, 2.75) is 45.7 Å². The molecule has 0 saturated heterocycles. The van der Waals surface area contributed by atoms with Crippen molar-refractivity contribution in [3.8, 4) is 0 Å². The number of hydrogen-bond acceptors (Lipinski definition) is 4. The summed E-state index contributed by atoms with van der Waals surface area (Å²) in [6.45, 7) is 7.78. The summed E-state index contributed by atoms with van der Waals surface area (Å²) in [6.07, 6.45) is 0.321. The Morgan fingerprint density at radius 3 is 2.68 bits per heavy atom. The van der Waals surface area contributed by atoms with Crippen LogP contribution in [0.1, 0.15) is 32.9 Å². The molecule has 1 heterocycles. The second kappa shape index (κ2) is 4.32. The first-order valence-corrected chi connectivity index (χ1v) is 6.21. The van der Waals surface area contributed by atoms with Crippen LogP contribution in [0.3, 0.4) is 0 Å². The van der Waals surface area contributed by atoms with E-state index in [1.54, 1.807) is 10.7 Å². The van der Waals surface area contributed by atoms with E-state index in [9.17, 15) is 14.9 Å². The van der Waals surface area contributed by atoms with Crippen LogP contribution in [0.25, 0.3) is 0 Å². The van der Waals surface area contributed by atoms with Gasteiger partial charge in [0, 0.05) is 17.4 Å². The highest BCUT2D eigenvalue weighted by molar-refractivity contribution is 5.94. The van der Waals surface area contributed by atoms with Crippen LogP contribution in [-0.2, 0) is 10.3 Å². The number of carbonyl (C=O) groups is 1. The molecule has 104 valence electrons. The average Bonchev–Trinajstić information content (AvgIpc) is 2.96. The largest absolute Gasteiger partial charge is 0.310 e. The van der Waals surface area contributed by atoms with Gasteiger partial charge in [-0.15, -0.1) is 0 Å². The molecule has 1 aromatic rings. The summed E-state index contributed by atoms with van der Waals surface area (Å²) in [5.74, 6) is -0.227. The first kappa shape index (κ1) is 13.5. The second-order valence-electron chi connectivity index (χ2n) is 5.94. The smallest absolute Gasteiger partial charge is 0.235 e. The van der Waals surface area contributed by atoms with Crippen molar-refractivity contribution in [2.24, 2.45) is 5.92 Å². The van der Waals surface area contributed by atoms with Crippen molar-refractivity contribution in [3.05, 3.63) is 21.9 Å². The SMILES string of the molecule is Cc1cc(NC(=O)[C@@H]2C[C@H]2[N+](=O)[O-])n(C(C)(C)C)n1. The van der Waals surface area contributed by atoms with E-state index < -0.39 is 16.9 Å². The van der Waals surface area contributed by atoms with Gasteiger partial charge >= 0.3 is 0 Å². The minimum Gasteiger partial charge on any atom is -0.310 e. The molecule has 0 radical (unpaired) electrons. The zero-order valence-corrected chi connectivity index (χ0v) is 11.5. The minimum atomic E-state index is -0.730. The third-order valence-electron chi connectivity index (χ3n) is 3.08. The van der Waals surface area contributed by atoms with Gasteiger partial charge in [0.25, 0.3) is 0 Å². The normalized spacial score (nSPS) is 22.1. The van der Waals surface area contributed by atoms with Crippen molar-refractivity contribution < 1.29 is 9.72 Å². The molecular formula is C12H18N4O3. The van der Waals surface area contributed by atoms with Gasteiger partial charge in [0.1, 0.15) is 11.7 Å². The van der Waals surface area contributed by atoms with E-state index in [0.717, 1.165) is 5.69 Å². The van der Waals surface area contributed by atoms with Crippen LogP contribution in [0.4, 0.5) is 5.82 Å². The highest BCUT2D eigenvalue weighted by atomic mass is 16.6. The van der Waals surface area contributed by atoms with E-state index in [1.165, 1.54) is 0 Å². The number of hydrogen-bond donors (Lipinski definition) is 1. The Kier molecular flexibility index (Phi) is 3.07. The average molecular weight is 266 g/mol. The van der Waals surface area contributed by atoms with Crippen LogP contribution in [0.15, 0.2) is 6.07 Å². The van der Waals surface area contributed by atoms with Gasteiger partial charge in [-0.25, -0.2) is 4.68 Å². The van der Waals surface area contributed by atoms with Crippen molar-refractivity contribution in [3.63, 3.8) is 0 Å². The molecule has 7 nitrogen and oxygen atoms in total. The highest BCUT2D eigenvalue weighted by Gasteiger charge is 2.53. The predicted molar refractivity (Wildman–Crippen MR) is 69.5 cm³/mol. The highest BCUT2D eigenvalue weighted by Crippen LogP contribution is 2.34. The number of rotatable bonds is 3. The summed E-state index contributed by atoms with van der Waals surface area (Å²) in [7, 11) is 0. The van der Waals surface area contributed by atoms with E-state index in [-0.39, 0.29) is 11.4 Å². The maximum Gasteiger partial charge on any atom is 0.235 e. The predicted octanol–water partition coefficient (Wildman–Crippen LogP) is 1.55. The van der Waals surface area contributed by atoms with Gasteiger partial charge in [-0.2, -0.15) is 5.10 Å². The molecule has 7 heteroatoms. The minimum absolute atomic E-state index is 0.261. The zero-order valence-electron chi connectivity index (χ0n) is 11.5. The van der Waals surface area contributed by atoms with Crippen molar-refractivity contribution in [1.29, 1.82) is 0 Å². The molecule has 1 fully saturated rings. The third kappa shape index (κ3) is 2.74. The summed E-state index contributed by atoms with van der Waals surface area (Å²) in [5.41, 5.74) is 0.537. The summed E-state index contributed by atoms with van der Waals surface area (Å²) < 4.78 is 1.73. The summed E-state index contributed by atoms with van der Waals surface area (Å²) >= 11 is 0. The molecule has 1 saturated carbocycles. The number of aromatic nitrogens is 2. The van der Waals surface area contributed by atoms with Crippen LogP contribution in [0.2, 0.25) is 0 Å². The van der Waals surface area contributed by atoms with Crippen LogP contribution in [0, 0.1) is 23.0 Å². The molecule has 1 aliphatic carbocycles. The van der Waals surface area contributed by atoms with E-state index in [0.29, 0.717) is 12.2 Å². The quantitative estimate of drug-likeness (QED) is 0.663. The van der Waals surface area contributed by atoms with Gasteiger partial charge in [0.05, 0.1) is 11.2 Å². The van der Waals surface area contributed by atoms with Gasteiger partial charge in [0.15, 0.2) is 0 Å². The molecule has 0 bridgehead atoms. The molecule has 19 heavy (non-hydrogen) atoms. The summed E-state index contributed by atoms with van der Waals surface area (Å²) in [6, 6.07) is 1.04. The number of carbonyl (C=O) groups excluding carboxylic acids is 1. The lowest BCUT2D eigenvalue weighted by Gasteiger charge is -2.22. The Balaban J connectivity index is 2.12.